The largest absolute Gasteiger partial charge is 0.495 e. The van der Waals surface area contributed by atoms with Gasteiger partial charge >= 0.3 is 0 Å². The summed E-state index contributed by atoms with van der Waals surface area (Å²) >= 11 is 0. The third-order valence-electron chi connectivity index (χ3n) is 4.10. The number of hydrogen-bond donors (Lipinski definition) is 0. The van der Waals surface area contributed by atoms with E-state index in [2.05, 4.69) is 9.97 Å². The summed E-state index contributed by atoms with van der Waals surface area (Å²) in [6.45, 7) is 5.18. The van der Waals surface area contributed by atoms with E-state index in [9.17, 15) is 13.2 Å². The summed E-state index contributed by atoms with van der Waals surface area (Å²) in [6.07, 6.45) is 3.05. The first-order chi connectivity index (χ1) is 13.2. The third kappa shape index (κ3) is 5.27. The lowest BCUT2D eigenvalue weighted by molar-refractivity contribution is -0.00827. The Bertz CT molecular complexity index is 898. The Morgan fingerprint density at radius 3 is 2.71 bits per heavy atom. The summed E-state index contributed by atoms with van der Waals surface area (Å²) in [5.41, 5.74) is 1.62. The summed E-state index contributed by atoms with van der Waals surface area (Å²) in [6, 6.07) is 1.66. The minimum Gasteiger partial charge on any atom is -0.495 e. The summed E-state index contributed by atoms with van der Waals surface area (Å²) < 4.78 is 56.5. The van der Waals surface area contributed by atoms with Crippen molar-refractivity contribution in [3.05, 3.63) is 35.8 Å². The molecule has 0 radical (unpaired) electrons. The maximum Gasteiger partial charge on any atom is 0.248 e. The standard InChI is InChI=1S/C20H23F3N2O3/c1-12(2)11-27-18-9-17-15(10-24-18)25-19(28-17)13-4-5-16(14(21)8-13)26-7-6-20(3,22)23/h8-10,12H,4-7,11H2,1-3H3. The molecule has 2 heterocycles. The molecule has 3 rings (SSSR count). The maximum absolute atomic E-state index is 14.3. The Kier molecular flexibility index (Phi) is 5.96. The maximum atomic E-state index is 14.3. The fourth-order valence-corrected chi connectivity index (χ4v) is 2.62. The smallest absolute Gasteiger partial charge is 0.248 e. The Morgan fingerprint density at radius 2 is 2.04 bits per heavy atom. The van der Waals surface area contributed by atoms with Crippen molar-refractivity contribution in [3.63, 3.8) is 0 Å². The van der Waals surface area contributed by atoms with Gasteiger partial charge in [0, 0.05) is 24.5 Å². The fourth-order valence-electron chi connectivity index (χ4n) is 2.62. The first-order valence-corrected chi connectivity index (χ1v) is 9.21. The average molecular weight is 396 g/mol. The number of nitrogens with zero attached hydrogens (tertiary/aromatic N) is 2. The zero-order chi connectivity index (χ0) is 20.3. The summed E-state index contributed by atoms with van der Waals surface area (Å²) in [5.74, 6) is -2.25. The van der Waals surface area contributed by atoms with Crippen LogP contribution < -0.4 is 4.74 Å². The molecule has 0 unspecified atom stereocenters. The molecule has 0 bridgehead atoms. The molecule has 5 nitrogen and oxygen atoms in total. The van der Waals surface area contributed by atoms with Gasteiger partial charge in [-0.05, 0) is 25.3 Å². The minimum absolute atomic E-state index is 0.0788. The molecule has 0 amide bonds. The van der Waals surface area contributed by atoms with Gasteiger partial charge in [-0.3, -0.25) is 0 Å². The molecule has 8 heteroatoms. The molecule has 2 aromatic rings. The van der Waals surface area contributed by atoms with Gasteiger partial charge in [-0.15, -0.1) is 0 Å². The van der Waals surface area contributed by atoms with Crippen molar-refractivity contribution in [1.29, 1.82) is 0 Å². The first-order valence-electron chi connectivity index (χ1n) is 9.21. The number of oxazole rings is 1. The van der Waals surface area contributed by atoms with Gasteiger partial charge in [-0.25, -0.2) is 23.1 Å². The quantitative estimate of drug-likeness (QED) is 0.575. The van der Waals surface area contributed by atoms with Gasteiger partial charge in [0.05, 0.1) is 19.4 Å². The highest BCUT2D eigenvalue weighted by Gasteiger charge is 2.23. The zero-order valence-electron chi connectivity index (χ0n) is 16.1. The number of hydrogen-bond acceptors (Lipinski definition) is 5. The van der Waals surface area contributed by atoms with Crippen LogP contribution in [0, 0.1) is 5.92 Å². The number of pyridine rings is 1. The van der Waals surface area contributed by atoms with Crippen molar-refractivity contribution in [2.45, 2.75) is 46.0 Å². The average Bonchev–Trinajstić information content (AvgIpc) is 3.03. The van der Waals surface area contributed by atoms with Gasteiger partial charge in [-0.1, -0.05) is 13.8 Å². The molecule has 1 aliphatic rings. The van der Waals surface area contributed by atoms with E-state index in [4.69, 9.17) is 13.9 Å². The molecule has 0 saturated heterocycles. The van der Waals surface area contributed by atoms with Crippen LogP contribution in [0.2, 0.25) is 0 Å². The van der Waals surface area contributed by atoms with Crippen LogP contribution in [0.15, 0.2) is 34.3 Å². The highest BCUT2D eigenvalue weighted by Crippen LogP contribution is 2.33. The van der Waals surface area contributed by atoms with E-state index >= 15 is 0 Å². The van der Waals surface area contributed by atoms with Gasteiger partial charge in [-0.2, -0.15) is 0 Å². The van der Waals surface area contributed by atoms with E-state index in [1.54, 1.807) is 12.3 Å². The van der Waals surface area contributed by atoms with Crippen molar-refractivity contribution in [2.75, 3.05) is 13.2 Å². The Hall–Kier alpha value is -2.51. The minimum atomic E-state index is -2.84. The molecule has 0 fully saturated rings. The summed E-state index contributed by atoms with van der Waals surface area (Å²) in [4.78, 5) is 8.53. The number of ether oxygens (including phenoxy) is 2. The molecule has 1 aliphatic carbocycles. The van der Waals surface area contributed by atoms with Crippen molar-refractivity contribution in [1.82, 2.24) is 9.97 Å². The topological polar surface area (TPSA) is 57.4 Å². The van der Waals surface area contributed by atoms with Gasteiger partial charge < -0.3 is 13.9 Å². The molecule has 152 valence electrons. The Labute approximate surface area is 161 Å². The third-order valence-corrected chi connectivity index (χ3v) is 4.10. The number of fused-ring (bicyclic) bond motifs is 1. The number of aromatic nitrogens is 2. The van der Waals surface area contributed by atoms with Crippen LogP contribution in [0.25, 0.3) is 16.7 Å². The molecule has 28 heavy (non-hydrogen) atoms. The fraction of sp³-hybridized carbons (Fsp3) is 0.500. The zero-order valence-corrected chi connectivity index (χ0v) is 16.1. The highest BCUT2D eigenvalue weighted by atomic mass is 19.3. The molecule has 0 N–H and O–H groups in total. The molecular weight excluding hydrogens is 373 g/mol. The first kappa shape index (κ1) is 20.2. The molecular formula is C20H23F3N2O3. The van der Waals surface area contributed by atoms with E-state index in [-0.39, 0.29) is 18.8 Å². The predicted molar refractivity (Wildman–Crippen MR) is 98.7 cm³/mol. The van der Waals surface area contributed by atoms with Crippen LogP contribution in [0.1, 0.15) is 45.9 Å². The normalized spacial score (nSPS) is 15.3. The van der Waals surface area contributed by atoms with Crippen LogP contribution in [-0.4, -0.2) is 29.1 Å². The Balaban J connectivity index is 1.72. The van der Waals surface area contributed by atoms with Crippen molar-refractivity contribution >= 4 is 16.7 Å². The monoisotopic (exact) mass is 396 g/mol. The van der Waals surface area contributed by atoms with E-state index in [1.165, 1.54) is 6.08 Å². The van der Waals surface area contributed by atoms with Gasteiger partial charge in [0.1, 0.15) is 11.3 Å². The van der Waals surface area contributed by atoms with Crippen molar-refractivity contribution < 1.29 is 27.1 Å². The lowest BCUT2D eigenvalue weighted by atomic mass is 10.0. The van der Waals surface area contributed by atoms with E-state index in [1.807, 2.05) is 13.8 Å². The summed E-state index contributed by atoms with van der Waals surface area (Å²) in [7, 11) is 0. The molecule has 0 atom stereocenters. The van der Waals surface area contributed by atoms with E-state index in [0.717, 1.165) is 6.92 Å². The van der Waals surface area contributed by atoms with Crippen molar-refractivity contribution in [2.24, 2.45) is 5.92 Å². The van der Waals surface area contributed by atoms with Crippen LogP contribution in [0.4, 0.5) is 13.2 Å². The number of allylic oxidation sites excluding steroid dienone is 4. The second-order valence-corrected chi connectivity index (χ2v) is 7.32. The van der Waals surface area contributed by atoms with Gasteiger partial charge in [0.2, 0.25) is 17.7 Å². The van der Waals surface area contributed by atoms with Gasteiger partial charge in [0.25, 0.3) is 0 Å². The SMILES string of the molecule is CC(C)COc1cc2oc(C3=CC(F)=C(OCCC(C)(F)F)CC3)nc2cn1. The van der Waals surface area contributed by atoms with Crippen LogP contribution in [-0.2, 0) is 4.74 Å². The second kappa shape index (κ2) is 8.24. The number of rotatable bonds is 8. The summed E-state index contributed by atoms with van der Waals surface area (Å²) in [5, 5.41) is 0. The Morgan fingerprint density at radius 1 is 1.25 bits per heavy atom. The lowest BCUT2D eigenvalue weighted by Crippen LogP contribution is -2.14. The number of alkyl halides is 2. The van der Waals surface area contributed by atoms with Crippen molar-refractivity contribution in [3.8, 4) is 5.88 Å². The van der Waals surface area contributed by atoms with E-state index in [0.29, 0.717) is 47.4 Å². The molecule has 0 aliphatic heterocycles. The molecule has 2 aromatic heterocycles. The number of halogens is 3. The van der Waals surface area contributed by atoms with Crippen LogP contribution >= 0.6 is 0 Å². The lowest BCUT2D eigenvalue weighted by Gasteiger charge is -2.17. The second-order valence-electron chi connectivity index (χ2n) is 7.32. The molecule has 0 aromatic carbocycles. The van der Waals surface area contributed by atoms with Crippen LogP contribution in [0.5, 0.6) is 5.88 Å². The molecule has 0 spiro atoms. The highest BCUT2D eigenvalue weighted by molar-refractivity contribution is 5.76. The van der Waals surface area contributed by atoms with Crippen LogP contribution in [0.3, 0.4) is 0 Å². The van der Waals surface area contributed by atoms with Gasteiger partial charge in [0.15, 0.2) is 11.4 Å². The molecule has 0 saturated carbocycles. The van der Waals surface area contributed by atoms with E-state index < -0.39 is 18.2 Å². The predicted octanol–water partition coefficient (Wildman–Crippen LogP) is 5.68.